The summed E-state index contributed by atoms with van der Waals surface area (Å²) >= 11 is 0. The van der Waals surface area contributed by atoms with Crippen molar-refractivity contribution in [1.29, 1.82) is 0 Å². The Hall–Kier alpha value is -3.74. The molecular weight excluding hydrogens is 460 g/mol. The first kappa shape index (κ1) is 24.9. The van der Waals surface area contributed by atoms with Gasteiger partial charge in [0, 0.05) is 39.0 Å². The summed E-state index contributed by atoms with van der Waals surface area (Å²) < 4.78 is 1.93. The molecule has 1 amide bonds. The molecule has 0 atom stereocenters. The average Bonchev–Trinajstić information content (AvgIpc) is 3.03. The second kappa shape index (κ2) is 10.3. The lowest BCUT2D eigenvalue weighted by atomic mass is 9.91. The average molecular weight is 497 g/mol. The van der Waals surface area contributed by atoms with E-state index in [9.17, 15) is 4.79 Å². The highest BCUT2D eigenvalue weighted by atomic mass is 16.2. The van der Waals surface area contributed by atoms with Crippen molar-refractivity contribution in [1.82, 2.24) is 24.6 Å². The van der Waals surface area contributed by atoms with Gasteiger partial charge in [-0.2, -0.15) is 5.10 Å². The Balaban J connectivity index is 1.54. The molecule has 0 N–H and O–H groups in total. The van der Waals surface area contributed by atoms with Crippen LogP contribution >= 0.6 is 0 Å². The Morgan fingerprint density at radius 3 is 2.30 bits per heavy atom. The maximum atomic E-state index is 13.0. The van der Waals surface area contributed by atoms with E-state index < -0.39 is 0 Å². The van der Waals surface area contributed by atoms with Gasteiger partial charge in [-0.25, -0.2) is 14.6 Å². The molecule has 2 aromatic carbocycles. The summed E-state index contributed by atoms with van der Waals surface area (Å²) in [6.45, 7) is 11.4. The maximum Gasteiger partial charge on any atom is 0.223 e. The van der Waals surface area contributed by atoms with Crippen LogP contribution < -0.4 is 4.90 Å². The van der Waals surface area contributed by atoms with Crippen LogP contribution in [0.25, 0.3) is 16.7 Å². The number of carbonyl (C=O) groups is 1. The van der Waals surface area contributed by atoms with Gasteiger partial charge in [0.25, 0.3) is 0 Å². The van der Waals surface area contributed by atoms with Crippen LogP contribution in [0.15, 0.2) is 60.7 Å². The van der Waals surface area contributed by atoms with Crippen LogP contribution in [0.4, 0.5) is 5.82 Å². The van der Waals surface area contributed by atoms with Gasteiger partial charge in [-0.15, -0.1) is 0 Å². The second-order valence-electron chi connectivity index (χ2n) is 11.1. The number of benzene rings is 2. The summed E-state index contributed by atoms with van der Waals surface area (Å²) in [6.07, 6.45) is 2.11. The normalized spacial score (nSPS) is 14.7. The first-order valence-corrected chi connectivity index (χ1v) is 13.2. The van der Waals surface area contributed by atoms with Crippen molar-refractivity contribution in [3.8, 4) is 5.69 Å². The number of anilines is 1. The van der Waals surface area contributed by atoms with Crippen molar-refractivity contribution >= 4 is 22.8 Å². The van der Waals surface area contributed by atoms with Gasteiger partial charge in [-0.05, 0) is 36.5 Å². The molecule has 7 nitrogen and oxygen atoms in total. The molecule has 1 fully saturated rings. The third-order valence-electron chi connectivity index (χ3n) is 6.77. The molecule has 1 aliphatic heterocycles. The van der Waals surface area contributed by atoms with E-state index >= 15 is 0 Å². The summed E-state index contributed by atoms with van der Waals surface area (Å²) in [7, 11) is 0. The van der Waals surface area contributed by atoms with Gasteiger partial charge in [0.1, 0.15) is 11.6 Å². The molecule has 192 valence electrons. The number of para-hydroxylation sites is 1. The third-order valence-corrected chi connectivity index (χ3v) is 6.77. The standard InChI is InChI=1S/C30H36N6O/c1-22-27-28(35-17-11-16-34(18-19-35)26(37)21-30(2,3)4)31-25(20-23-12-7-5-8-13-23)32-29(27)36(33-22)24-14-9-6-10-15-24/h5-10,12-15H,11,16-21H2,1-4H3. The highest BCUT2D eigenvalue weighted by Crippen LogP contribution is 2.30. The van der Waals surface area contributed by atoms with E-state index in [-0.39, 0.29) is 11.3 Å². The SMILES string of the molecule is Cc1nn(-c2ccccc2)c2nc(Cc3ccccc3)nc(N3CCCN(C(=O)CC(C)(C)C)CC3)c12. The number of aryl methyl sites for hydroxylation is 1. The molecule has 4 aromatic rings. The van der Waals surface area contributed by atoms with Crippen molar-refractivity contribution < 1.29 is 4.79 Å². The number of aromatic nitrogens is 4. The van der Waals surface area contributed by atoms with Crippen LogP contribution in [0.1, 0.15) is 50.7 Å². The molecule has 0 bridgehead atoms. The van der Waals surface area contributed by atoms with E-state index in [2.05, 4.69) is 49.9 Å². The fourth-order valence-electron chi connectivity index (χ4n) is 4.99. The van der Waals surface area contributed by atoms with Crippen molar-refractivity contribution in [2.75, 3.05) is 31.1 Å². The molecule has 5 rings (SSSR count). The van der Waals surface area contributed by atoms with Crippen molar-refractivity contribution in [2.24, 2.45) is 5.41 Å². The zero-order valence-electron chi connectivity index (χ0n) is 22.3. The molecule has 1 aliphatic rings. The lowest BCUT2D eigenvalue weighted by Gasteiger charge is -2.26. The lowest BCUT2D eigenvalue weighted by Crippen LogP contribution is -2.37. The summed E-state index contributed by atoms with van der Waals surface area (Å²) in [5, 5.41) is 5.88. The number of hydrogen-bond donors (Lipinski definition) is 0. The minimum Gasteiger partial charge on any atom is -0.354 e. The molecule has 37 heavy (non-hydrogen) atoms. The Bertz CT molecular complexity index is 1370. The van der Waals surface area contributed by atoms with Crippen LogP contribution in [-0.4, -0.2) is 56.7 Å². The van der Waals surface area contributed by atoms with Gasteiger partial charge < -0.3 is 9.80 Å². The highest BCUT2D eigenvalue weighted by Gasteiger charge is 2.26. The quantitative estimate of drug-likeness (QED) is 0.380. The Morgan fingerprint density at radius 1 is 0.892 bits per heavy atom. The van der Waals surface area contributed by atoms with Crippen molar-refractivity contribution in [2.45, 2.75) is 47.0 Å². The van der Waals surface area contributed by atoms with Gasteiger partial charge in [0.05, 0.1) is 16.8 Å². The Kier molecular flexibility index (Phi) is 6.96. The van der Waals surface area contributed by atoms with E-state index in [4.69, 9.17) is 15.1 Å². The van der Waals surface area contributed by atoms with Crippen molar-refractivity contribution in [3.05, 3.63) is 77.7 Å². The van der Waals surface area contributed by atoms with Crippen LogP contribution in [0, 0.1) is 12.3 Å². The largest absolute Gasteiger partial charge is 0.354 e. The van der Waals surface area contributed by atoms with Crippen LogP contribution in [-0.2, 0) is 11.2 Å². The fourth-order valence-corrected chi connectivity index (χ4v) is 4.99. The topological polar surface area (TPSA) is 67.2 Å². The van der Waals surface area contributed by atoms with Gasteiger partial charge in [0.2, 0.25) is 5.91 Å². The molecule has 2 aromatic heterocycles. The zero-order chi connectivity index (χ0) is 26.0. The van der Waals surface area contributed by atoms with Gasteiger partial charge in [0.15, 0.2) is 5.65 Å². The predicted octanol–water partition coefficient (Wildman–Crippen LogP) is 5.19. The smallest absolute Gasteiger partial charge is 0.223 e. The highest BCUT2D eigenvalue weighted by molar-refractivity contribution is 5.91. The molecule has 0 unspecified atom stereocenters. The zero-order valence-corrected chi connectivity index (χ0v) is 22.3. The van der Waals surface area contributed by atoms with E-state index in [0.29, 0.717) is 19.4 Å². The summed E-state index contributed by atoms with van der Waals surface area (Å²) in [4.78, 5) is 27.5. The maximum absolute atomic E-state index is 13.0. The number of rotatable bonds is 5. The minimum atomic E-state index is -0.0165. The number of nitrogens with zero attached hydrogens (tertiary/aromatic N) is 6. The molecule has 3 heterocycles. The van der Waals surface area contributed by atoms with E-state index in [0.717, 1.165) is 60.1 Å². The molecule has 0 saturated carbocycles. The van der Waals surface area contributed by atoms with E-state index in [1.54, 1.807) is 0 Å². The van der Waals surface area contributed by atoms with Crippen LogP contribution in [0.2, 0.25) is 0 Å². The Morgan fingerprint density at radius 2 is 1.59 bits per heavy atom. The molecule has 7 heteroatoms. The predicted molar refractivity (Wildman–Crippen MR) is 148 cm³/mol. The Labute approximate surface area is 219 Å². The molecule has 1 saturated heterocycles. The summed E-state index contributed by atoms with van der Waals surface area (Å²) in [6, 6.07) is 20.5. The third kappa shape index (κ3) is 5.66. The summed E-state index contributed by atoms with van der Waals surface area (Å²) in [5.41, 5.74) is 3.86. The van der Waals surface area contributed by atoms with Crippen LogP contribution in [0.5, 0.6) is 0 Å². The van der Waals surface area contributed by atoms with Gasteiger partial charge in [-0.1, -0.05) is 69.3 Å². The molecule has 0 spiro atoms. The minimum absolute atomic E-state index is 0.0165. The number of fused-ring (bicyclic) bond motifs is 1. The fraction of sp³-hybridized carbons (Fsp3) is 0.400. The first-order chi connectivity index (χ1) is 17.8. The lowest BCUT2D eigenvalue weighted by molar-refractivity contribution is -0.132. The van der Waals surface area contributed by atoms with Gasteiger partial charge in [-0.3, -0.25) is 4.79 Å². The molecule has 0 radical (unpaired) electrons. The van der Waals surface area contributed by atoms with Crippen LogP contribution in [0.3, 0.4) is 0 Å². The van der Waals surface area contributed by atoms with Gasteiger partial charge >= 0.3 is 0 Å². The molecule has 0 aliphatic carbocycles. The van der Waals surface area contributed by atoms with Crippen molar-refractivity contribution in [3.63, 3.8) is 0 Å². The van der Waals surface area contributed by atoms with E-state index in [1.807, 2.05) is 52.9 Å². The summed E-state index contributed by atoms with van der Waals surface area (Å²) in [5.74, 6) is 1.93. The second-order valence-corrected chi connectivity index (χ2v) is 11.1. The number of carbonyl (C=O) groups excluding carboxylic acids is 1. The molecular formula is C30H36N6O. The number of amides is 1. The number of hydrogen-bond acceptors (Lipinski definition) is 5. The first-order valence-electron chi connectivity index (χ1n) is 13.2. The monoisotopic (exact) mass is 496 g/mol. The van der Waals surface area contributed by atoms with E-state index in [1.165, 1.54) is 5.56 Å².